The monoisotopic (exact) mass is 317 g/mol. The van der Waals surface area contributed by atoms with E-state index in [2.05, 4.69) is 5.32 Å². The SMILES string of the molecule is CCCC(=O)OCC(=O)N[C@@H](c1ccccc1)c1cccs1. The van der Waals surface area contributed by atoms with Crippen LogP contribution in [0.4, 0.5) is 0 Å². The number of amides is 1. The number of benzene rings is 1. The lowest BCUT2D eigenvalue weighted by Gasteiger charge is -2.18. The maximum absolute atomic E-state index is 12.0. The summed E-state index contributed by atoms with van der Waals surface area (Å²) in [6.45, 7) is 1.65. The average Bonchev–Trinajstić information content (AvgIpc) is 3.06. The van der Waals surface area contributed by atoms with E-state index in [-0.39, 0.29) is 24.5 Å². The minimum Gasteiger partial charge on any atom is -0.456 e. The van der Waals surface area contributed by atoms with Gasteiger partial charge in [0.05, 0.1) is 6.04 Å². The van der Waals surface area contributed by atoms with E-state index in [1.807, 2.05) is 54.8 Å². The van der Waals surface area contributed by atoms with Gasteiger partial charge in [0, 0.05) is 11.3 Å². The van der Waals surface area contributed by atoms with Crippen LogP contribution in [0, 0.1) is 0 Å². The van der Waals surface area contributed by atoms with Gasteiger partial charge in [0.2, 0.25) is 0 Å². The van der Waals surface area contributed by atoms with Gasteiger partial charge >= 0.3 is 5.97 Å². The fourth-order valence-electron chi connectivity index (χ4n) is 2.04. The maximum atomic E-state index is 12.0. The Balaban J connectivity index is 2.02. The largest absolute Gasteiger partial charge is 0.456 e. The minimum atomic E-state index is -0.343. The Bertz CT molecular complexity index is 596. The molecular formula is C17H19NO3S. The molecule has 1 heterocycles. The Morgan fingerprint density at radius 1 is 1.18 bits per heavy atom. The summed E-state index contributed by atoms with van der Waals surface area (Å²) >= 11 is 1.58. The van der Waals surface area contributed by atoms with Gasteiger partial charge in [-0.2, -0.15) is 0 Å². The van der Waals surface area contributed by atoms with Crippen molar-refractivity contribution in [2.24, 2.45) is 0 Å². The lowest BCUT2D eigenvalue weighted by molar-refractivity contribution is -0.148. The van der Waals surface area contributed by atoms with E-state index in [4.69, 9.17) is 4.74 Å². The number of esters is 1. The zero-order chi connectivity index (χ0) is 15.8. The fraction of sp³-hybridized carbons (Fsp3) is 0.294. The molecular weight excluding hydrogens is 298 g/mol. The predicted molar refractivity (Wildman–Crippen MR) is 86.6 cm³/mol. The molecule has 2 aromatic rings. The molecule has 1 N–H and O–H groups in total. The van der Waals surface area contributed by atoms with Gasteiger partial charge in [0.25, 0.3) is 5.91 Å². The van der Waals surface area contributed by atoms with E-state index in [9.17, 15) is 9.59 Å². The van der Waals surface area contributed by atoms with E-state index in [0.29, 0.717) is 12.8 Å². The minimum absolute atomic E-state index is 0.224. The first kappa shape index (κ1) is 16.2. The van der Waals surface area contributed by atoms with Crippen molar-refractivity contribution in [1.82, 2.24) is 5.32 Å². The number of hydrogen-bond donors (Lipinski definition) is 1. The molecule has 116 valence electrons. The van der Waals surface area contributed by atoms with Gasteiger partial charge < -0.3 is 10.1 Å². The fourth-order valence-corrected chi connectivity index (χ4v) is 2.85. The Hall–Kier alpha value is -2.14. The van der Waals surface area contributed by atoms with Gasteiger partial charge in [-0.25, -0.2) is 0 Å². The number of carbonyl (C=O) groups is 2. The summed E-state index contributed by atoms with van der Waals surface area (Å²) in [6.07, 6.45) is 1.04. The lowest BCUT2D eigenvalue weighted by atomic mass is 10.1. The number of rotatable bonds is 7. The highest BCUT2D eigenvalue weighted by atomic mass is 32.1. The molecule has 2 rings (SSSR count). The van der Waals surface area contributed by atoms with Crippen molar-refractivity contribution in [2.45, 2.75) is 25.8 Å². The van der Waals surface area contributed by atoms with E-state index < -0.39 is 0 Å². The first-order valence-corrected chi connectivity index (χ1v) is 8.12. The quantitative estimate of drug-likeness (QED) is 0.797. The number of nitrogens with one attached hydrogen (secondary N) is 1. The van der Waals surface area contributed by atoms with Crippen LogP contribution in [0.5, 0.6) is 0 Å². The van der Waals surface area contributed by atoms with Gasteiger partial charge in [-0.3, -0.25) is 9.59 Å². The smallest absolute Gasteiger partial charge is 0.306 e. The van der Waals surface area contributed by atoms with Gasteiger partial charge in [0.15, 0.2) is 6.61 Å². The van der Waals surface area contributed by atoms with Gasteiger partial charge in [-0.15, -0.1) is 11.3 Å². The second-order valence-corrected chi connectivity index (χ2v) is 5.82. The zero-order valence-electron chi connectivity index (χ0n) is 12.5. The Kier molecular flexibility index (Phi) is 6.15. The normalized spacial score (nSPS) is 11.7. The molecule has 0 aliphatic rings. The second-order valence-electron chi connectivity index (χ2n) is 4.84. The van der Waals surface area contributed by atoms with Crippen molar-refractivity contribution < 1.29 is 14.3 Å². The van der Waals surface area contributed by atoms with Crippen LogP contribution in [0.15, 0.2) is 47.8 Å². The van der Waals surface area contributed by atoms with Crippen LogP contribution >= 0.6 is 11.3 Å². The summed E-state index contributed by atoms with van der Waals surface area (Å²) in [5.74, 6) is -0.642. The highest BCUT2D eigenvalue weighted by Gasteiger charge is 2.18. The van der Waals surface area contributed by atoms with E-state index >= 15 is 0 Å². The molecule has 0 saturated carbocycles. The summed E-state index contributed by atoms with van der Waals surface area (Å²) < 4.78 is 4.95. The van der Waals surface area contributed by atoms with Crippen molar-refractivity contribution in [2.75, 3.05) is 6.61 Å². The van der Waals surface area contributed by atoms with Gasteiger partial charge in [0.1, 0.15) is 0 Å². The van der Waals surface area contributed by atoms with Crippen molar-refractivity contribution in [1.29, 1.82) is 0 Å². The molecule has 0 fully saturated rings. The number of ether oxygens (including phenoxy) is 1. The summed E-state index contributed by atoms with van der Waals surface area (Å²) in [5.41, 5.74) is 0.998. The van der Waals surface area contributed by atoms with E-state index in [1.165, 1.54) is 0 Å². The van der Waals surface area contributed by atoms with Crippen LogP contribution < -0.4 is 5.32 Å². The molecule has 4 nitrogen and oxygen atoms in total. The van der Waals surface area contributed by atoms with Crippen LogP contribution in [0.3, 0.4) is 0 Å². The molecule has 1 aromatic heterocycles. The topological polar surface area (TPSA) is 55.4 Å². The van der Waals surface area contributed by atoms with E-state index in [0.717, 1.165) is 10.4 Å². The highest BCUT2D eigenvalue weighted by molar-refractivity contribution is 7.10. The molecule has 5 heteroatoms. The third-order valence-corrected chi connectivity index (χ3v) is 4.02. The molecule has 1 atom stereocenters. The molecule has 22 heavy (non-hydrogen) atoms. The third kappa shape index (κ3) is 4.70. The first-order valence-electron chi connectivity index (χ1n) is 7.24. The number of thiophene rings is 1. The third-order valence-electron chi connectivity index (χ3n) is 3.08. The van der Waals surface area contributed by atoms with Crippen molar-refractivity contribution in [3.8, 4) is 0 Å². The molecule has 0 unspecified atom stereocenters. The molecule has 1 aromatic carbocycles. The molecule has 0 spiro atoms. The van der Waals surface area contributed by atoms with Crippen LogP contribution in [-0.2, 0) is 14.3 Å². The van der Waals surface area contributed by atoms with E-state index in [1.54, 1.807) is 11.3 Å². The number of carbonyl (C=O) groups excluding carboxylic acids is 2. The molecule has 0 saturated heterocycles. The zero-order valence-corrected chi connectivity index (χ0v) is 13.3. The second kappa shape index (κ2) is 8.34. The Labute approximate surface area is 134 Å². The summed E-state index contributed by atoms with van der Waals surface area (Å²) in [7, 11) is 0. The molecule has 1 amide bonds. The summed E-state index contributed by atoms with van der Waals surface area (Å²) in [5, 5.41) is 4.90. The van der Waals surface area contributed by atoms with Crippen LogP contribution in [-0.4, -0.2) is 18.5 Å². The van der Waals surface area contributed by atoms with Crippen LogP contribution in [0.1, 0.15) is 36.2 Å². The number of hydrogen-bond acceptors (Lipinski definition) is 4. The summed E-state index contributed by atoms with van der Waals surface area (Å²) in [4.78, 5) is 24.4. The molecule has 0 aliphatic carbocycles. The van der Waals surface area contributed by atoms with Crippen LogP contribution in [0.2, 0.25) is 0 Å². The summed E-state index contributed by atoms with van der Waals surface area (Å²) in [6, 6.07) is 13.4. The Morgan fingerprint density at radius 3 is 2.59 bits per heavy atom. The van der Waals surface area contributed by atoms with Gasteiger partial charge in [-0.05, 0) is 23.4 Å². The molecule has 0 radical (unpaired) electrons. The Morgan fingerprint density at radius 2 is 1.95 bits per heavy atom. The van der Waals surface area contributed by atoms with Crippen LogP contribution in [0.25, 0.3) is 0 Å². The predicted octanol–water partition coefficient (Wildman–Crippen LogP) is 3.30. The van der Waals surface area contributed by atoms with Gasteiger partial charge in [-0.1, -0.05) is 43.3 Å². The average molecular weight is 317 g/mol. The molecule has 0 bridgehead atoms. The van der Waals surface area contributed by atoms with Crippen molar-refractivity contribution in [3.63, 3.8) is 0 Å². The maximum Gasteiger partial charge on any atom is 0.306 e. The van der Waals surface area contributed by atoms with Crippen molar-refractivity contribution in [3.05, 3.63) is 58.3 Å². The van der Waals surface area contributed by atoms with Crippen molar-refractivity contribution >= 4 is 23.2 Å². The lowest BCUT2D eigenvalue weighted by Crippen LogP contribution is -2.32. The first-order chi connectivity index (χ1) is 10.7. The highest BCUT2D eigenvalue weighted by Crippen LogP contribution is 2.25. The standard InChI is InChI=1S/C17H19NO3S/c1-2-7-16(20)21-12-15(19)18-17(14-10-6-11-22-14)13-8-4-3-5-9-13/h3-6,8-11,17H,2,7,12H2,1H3,(H,18,19)/t17-/m0/s1. The molecule has 0 aliphatic heterocycles.